The normalized spacial score (nSPS) is 16.1. The minimum absolute atomic E-state index is 0.204. The summed E-state index contributed by atoms with van der Waals surface area (Å²) < 4.78 is 13.5. The SMILES string of the molecule is Cc1cc(Cl)cnc1N1C(=O)c2[nH]nc(CC(C)C)c2C1c1ccc(F)cc1. The average molecular weight is 399 g/mol. The number of hydrogen-bond acceptors (Lipinski definition) is 3. The smallest absolute Gasteiger partial charge is 0.278 e. The number of amides is 1. The van der Waals surface area contributed by atoms with Gasteiger partial charge in [0.1, 0.15) is 17.3 Å². The third-order valence-electron chi connectivity index (χ3n) is 4.88. The topological polar surface area (TPSA) is 61.9 Å². The summed E-state index contributed by atoms with van der Waals surface area (Å²) in [5.41, 5.74) is 3.73. The van der Waals surface area contributed by atoms with Crippen LogP contribution in [0.25, 0.3) is 0 Å². The molecule has 5 nitrogen and oxygen atoms in total. The number of H-pyrrole nitrogens is 1. The number of aromatic amines is 1. The molecule has 0 bridgehead atoms. The van der Waals surface area contributed by atoms with E-state index < -0.39 is 6.04 Å². The molecule has 2 aromatic heterocycles. The Morgan fingerprint density at radius 3 is 2.64 bits per heavy atom. The minimum atomic E-state index is -0.428. The number of benzene rings is 1. The summed E-state index contributed by atoms with van der Waals surface area (Å²) in [5.74, 6) is 0.379. The maximum Gasteiger partial charge on any atom is 0.278 e. The van der Waals surface area contributed by atoms with E-state index in [-0.39, 0.29) is 11.7 Å². The first-order valence-electron chi connectivity index (χ1n) is 9.15. The molecular weight excluding hydrogens is 379 g/mol. The van der Waals surface area contributed by atoms with Crippen LogP contribution in [0.2, 0.25) is 5.02 Å². The highest BCUT2D eigenvalue weighted by Gasteiger charge is 2.43. The first kappa shape index (κ1) is 18.6. The van der Waals surface area contributed by atoms with E-state index in [1.54, 1.807) is 23.1 Å². The molecule has 1 amide bonds. The molecule has 1 aromatic carbocycles. The van der Waals surface area contributed by atoms with Crippen molar-refractivity contribution in [2.75, 3.05) is 4.90 Å². The second-order valence-corrected chi connectivity index (χ2v) is 7.92. The van der Waals surface area contributed by atoms with E-state index in [1.807, 2.05) is 6.92 Å². The molecule has 1 aliphatic rings. The molecule has 144 valence electrons. The van der Waals surface area contributed by atoms with Gasteiger partial charge in [-0.15, -0.1) is 0 Å². The van der Waals surface area contributed by atoms with Gasteiger partial charge in [0.25, 0.3) is 5.91 Å². The highest BCUT2D eigenvalue weighted by Crippen LogP contribution is 2.43. The van der Waals surface area contributed by atoms with Crippen molar-refractivity contribution in [3.8, 4) is 0 Å². The van der Waals surface area contributed by atoms with Crippen LogP contribution in [0.4, 0.5) is 10.2 Å². The Morgan fingerprint density at radius 1 is 1.29 bits per heavy atom. The number of nitrogens with zero attached hydrogens (tertiary/aromatic N) is 3. The van der Waals surface area contributed by atoms with Crippen LogP contribution < -0.4 is 4.90 Å². The van der Waals surface area contributed by atoms with Crippen LogP contribution in [0.15, 0.2) is 36.5 Å². The lowest BCUT2D eigenvalue weighted by Gasteiger charge is -2.27. The second kappa shape index (κ2) is 7.02. The molecule has 28 heavy (non-hydrogen) atoms. The molecule has 7 heteroatoms. The molecule has 4 rings (SSSR count). The van der Waals surface area contributed by atoms with Gasteiger partial charge in [-0.05, 0) is 48.6 Å². The Balaban J connectivity index is 1.91. The number of aromatic nitrogens is 3. The van der Waals surface area contributed by atoms with Gasteiger partial charge < -0.3 is 0 Å². The van der Waals surface area contributed by atoms with E-state index in [1.165, 1.54) is 18.3 Å². The fourth-order valence-corrected chi connectivity index (χ4v) is 3.93. The molecule has 1 N–H and O–H groups in total. The van der Waals surface area contributed by atoms with Crippen LogP contribution in [-0.4, -0.2) is 21.1 Å². The molecule has 1 unspecified atom stereocenters. The molecular formula is C21H20ClFN4O. The minimum Gasteiger partial charge on any atom is -0.279 e. The van der Waals surface area contributed by atoms with Gasteiger partial charge in [0.05, 0.1) is 16.8 Å². The van der Waals surface area contributed by atoms with Gasteiger partial charge in [0.15, 0.2) is 0 Å². The number of carbonyl (C=O) groups excluding carboxylic acids is 1. The third kappa shape index (κ3) is 3.07. The summed E-state index contributed by atoms with van der Waals surface area (Å²) in [6.45, 7) is 6.07. The Labute approximate surface area is 167 Å². The molecule has 0 fully saturated rings. The second-order valence-electron chi connectivity index (χ2n) is 7.48. The number of nitrogens with one attached hydrogen (secondary N) is 1. The van der Waals surface area contributed by atoms with Crippen LogP contribution in [-0.2, 0) is 6.42 Å². The van der Waals surface area contributed by atoms with Crippen molar-refractivity contribution in [1.82, 2.24) is 15.2 Å². The number of halogens is 2. The molecule has 1 aliphatic heterocycles. The summed E-state index contributed by atoms with van der Waals surface area (Å²) in [7, 11) is 0. The molecule has 3 aromatic rings. The molecule has 0 radical (unpaired) electrons. The van der Waals surface area contributed by atoms with Gasteiger partial charge in [-0.2, -0.15) is 5.10 Å². The summed E-state index contributed by atoms with van der Waals surface area (Å²) >= 11 is 6.06. The molecule has 0 saturated heterocycles. The number of aryl methyl sites for hydroxylation is 1. The largest absolute Gasteiger partial charge is 0.279 e. The number of pyridine rings is 1. The zero-order valence-electron chi connectivity index (χ0n) is 15.8. The zero-order chi connectivity index (χ0) is 20.0. The van der Waals surface area contributed by atoms with E-state index in [2.05, 4.69) is 29.0 Å². The van der Waals surface area contributed by atoms with Gasteiger partial charge in [-0.3, -0.25) is 14.8 Å². The summed E-state index contributed by atoms with van der Waals surface area (Å²) in [6, 6.07) is 7.56. The van der Waals surface area contributed by atoms with E-state index >= 15 is 0 Å². The fourth-order valence-electron chi connectivity index (χ4n) is 3.72. The fraction of sp³-hybridized carbons (Fsp3) is 0.286. The standard InChI is InChI=1S/C21H20ClFN4O/c1-11(2)8-16-17-18(26-25-16)21(28)27(20-12(3)9-14(22)10-24-20)19(17)13-4-6-15(23)7-5-13/h4-7,9-11,19H,8H2,1-3H3,(H,25,26). The number of anilines is 1. The number of rotatable bonds is 4. The van der Waals surface area contributed by atoms with Crippen LogP contribution in [0, 0.1) is 18.7 Å². The quantitative estimate of drug-likeness (QED) is 0.683. The van der Waals surface area contributed by atoms with Gasteiger partial charge in [0, 0.05) is 11.8 Å². The Bertz CT molecular complexity index is 1050. The lowest BCUT2D eigenvalue weighted by atomic mass is 9.95. The van der Waals surface area contributed by atoms with Crippen molar-refractivity contribution in [2.45, 2.75) is 33.2 Å². The average Bonchev–Trinajstić information content (AvgIpc) is 3.15. The monoisotopic (exact) mass is 398 g/mol. The molecule has 1 atom stereocenters. The predicted octanol–water partition coefficient (Wildman–Crippen LogP) is 4.85. The highest BCUT2D eigenvalue weighted by atomic mass is 35.5. The van der Waals surface area contributed by atoms with Crippen LogP contribution in [0.5, 0.6) is 0 Å². The lowest BCUT2D eigenvalue weighted by molar-refractivity contribution is 0.0988. The maximum absolute atomic E-state index is 13.5. The van der Waals surface area contributed by atoms with Crippen molar-refractivity contribution in [3.63, 3.8) is 0 Å². The first-order valence-corrected chi connectivity index (χ1v) is 9.53. The van der Waals surface area contributed by atoms with E-state index in [9.17, 15) is 9.18 Å². The predicted molar refractivity (Wildman–Crippen MR) is 106 cm³/mol. The molecule has 0 aliphatic carbocycles. The maximum atomic E-state index is 13.5. The van der Waals surface area contributed by atoms with Crippen LogP contribution >= 0.6 is 11.6 Å². The molecule has 3 heterocycles. The van der Waals surface area contributed by atoms with Gasteiger partial charge in [0.2, 0.25) is 0 Å². The molecule has 0 spiro atoms. The van der Waals surface area contributed by atoms with Crippen molar-refractivity contribution in [3.05, 3.63) is 75.4 Å². The summed E-state index contributed by atoms with van der Waals surface area (Å²) in [5, 5.41) is 7.82. The van der Waals surface area contributed by atoms with Gasteiger partial charge in [-0.25, -0.2) is 9.37 Å². The first-order chi connectivity index (χ1) is 13.4. The Kier molecular flexibility index (Phi) is 4.67. The summed E-state index contributed by atoms with van der Waals surface area (Å²) in [6.07, 6.45) is 2.26. The number of hydrogen-bond donors (Lipinski definition) is 1. The van der Waals surface area contributed by atoms with E-state index in [0.29, 0.717) is 22.5 Å². The van der Waals surface area contributed by atoms with E-state index in [0.717, 1.165) is 28.8 Å². The van der Waals surface area contributed by atoms with Crippen LogP contribution in [0.1, 0.15) is 52.8 Å². The lowest BCUT2D eigenvalue weighted by Crippen LogP contribution is -2.31. The van der Waals surface area contributed by atoms with Crippen molar-refractivity contribution < 1.29 is 9.18 Å². The van der Waals surface area contributed by atoms with Crippen molar-refractivity contribution >= 4 is 23.3 Å². The Hall–Kier alpha value is -2.73. The number of carbonyl (C=O) groups is 1. The van der Waals surface area contributed by atoms with Crippen LogP contribution in [0.3, 0.4) is 0 Å². The van der Waals surface area contributed by atoms with Gasteiger partial charge in [-0.1, -0.05) is 37.6 Å². The van der Waals surface area contributed by atoms with Gasteiger partial charge >= 0.3 is 0 Å². The summed E-state index contributed by atoms with van der Waals surface area (Å²) in [4.78, 5) is 19.4. The molecule has 0 saturated carbocycles. The number of fused-ring (bicyclic) bond motifs is 1. The zero-order valence-corrected chi connectivity index (χ0v) is 16.6. The van der Waals surface area contributed by atoms with Crippen molar-refractivity contribution in [1.29, 1.82) is 0 Å². The Morgan fingerprint density at radius 2 is 2.00 bits per heavy atom. The third-order valence-corrected chi connectivity index (χ3v) is 5.09. The highest BCUT2D eigenvalue weighted by molar-refractivity contribution is 6.30. The van der Waals surface area contributed by atoms with E-state index in [4.69, 9.17) is 11.6 Å². The van der Waals surface area contributed by atoms with Crippen molar-refractivity contribution in [2.24, 2.45) is 5.92 Å².